The van der Waals surface area contributed by atoms with Crippen LogP contribution in [0.3, 0.4) is 0 Å². The van der Waals surface area contributed by atoms with Gasteiger partial charge in [-0.3, -0.25) is 9.59 Å². The number of hydrogen-bond acceptors (Lipinski definition) is 5. The van der Waals surface area contributed by atoms with E-state index in [1.165, 1.54) is 13.3 Å². The van der Waals surface area contributed by atoms with Gasteiger partial charge >= 0.3 is 11.8 Å². The molecule has 0 unspecified atom stereocenters. The smallest absolute Gasteiger partial charge is 0.329 e. The van der Waals surface area contributed by atoms with Crippen LogP contribution in [-0.4, -0.2) is 25.1 Å². The van der Waals surface area contributed by atoms with Crippen molar-refractivity contribution in [1.82, 2.24) is 5.43 Å². The second kappa shape index (κ2) is 11.5. The Kier molecular flexibility index (Phi) is 8.51. The Labute approximate surface area is 207 Å². The number of para-hydroxylation sites is 1. The molecule has 3 aromatic rings. The van der Waals surface area contributed by atoms with Crippen molar-refractivity contribution in [2.24, 2.45) is 5.10 Å². The van der Waals surface area contributed by atoms with Gasteiger partial charge in [-0.25, -0.2) is 5.43 Å². The van der Waals surface area contributed by atoms with E-state index >= 15 is 0 Å². The van der Waals surface area contributed by atoms with E-state index in [-0.39, 0.29) is 6.61 Å². The lowest BCUT2D eigenvalue weighted by Crippen LogP contribution is -2.32. The van der Waals surface area contributed by atoms with E-state index in [2.05, 4.69) is 15.8 Å². The average molecular weight is 500 g/mol. The van der Waals surface area contributed by atoms with Gasteiger partial charge in [0.25, 0.3) is 0 Å². The number of benzene rings is 3. The summed E-state index contributed by atoms with van der Waals surface area (Å²) in [7, 11) is 1.51. The third kappa shape index (κ3) is 6.27. The molecule has 0 saturated carbocycles. The van der Waals surface area contributed by atoms with Crippen LogP contribution in [0, 0.1) is 13.8 Å². The molecule has 2 amide bonds. The summed E-state index contributed by atoms with van der Waals surface area (Å²) in [5, 5.41) is 7.48. The van der Waals surface area contributed by atoms with E-state index in [1.54, 1.807) is 36.4 Å². The highest BCUT2D eigenvalue weighted by molar-refractivity contribution is 6.39. The van der Waals surface area contributed by atoms with E-state index in [4.69, 9.17) is 32.7 Å². The zero-order valence-electron chi connectivity index (χ0n) is 18.8. The SMILES string of the molecule is COc1cc(/C=N\NC(=O)C(=O)Nc2c(C)cccc2C)ccc1OCc1c(Cl)cccc1Cl. The molecule has 7 nitrogen and oxygen atoms in total. The van der Waals surface area contributed by atoms with E-state index in [0.717, 1.165) is 11.1 Å². The van der Waals surface area contributed by atoms with E-state index in [0.29, 0.717) is 38.4 Å². The molecule has 0 aromatic heterocycles. The normalized spacial score (nSPS) is 10.7. The number of amides is 2. The Bertz CT molecular complexity index is 1200. The van der Waals surface area contributed by atoms with Crippen molar-refractivity contribution in [3.8, 4) is 11.5 Å². The van der Waals surface area contributed by atoms with Crippen LogP contribution in [0.15, 0.2) is 59.7 Å². The summed E-state index contributed by atoms with van der Waals surface area (Å²) in [6, 6.07) is 15.9. The van der Waals surface area contributed by atoms with Crippen LogP contribution in [0.5, 0.6) is 11.5 Å². The lowest BCUT2D eigenvalue weighted by atomic mass is 10.1. The highest BCUT2D eigenvalue weighted by Gasteiger charge is 2.15. The zero-order valence-corrected chi connectivity index (χ0v) is 20.3. The molecule has 0 aliphatic rings. The molecule has 2 N–H and O–H groups in total. The third-order valence-corrected chi connectivity index (χ3v) is 5.64. The summed E-state index contributed by atoms with van der Waals surface area (Å²) in [6.45, 7) is 3.86. The van der Waals surface area contributed by atoms with Gasteiger partial charge in [-0.15, -0.1) is 0 Å². The van der Waals surface area contributed by atoms with Crippen LogP contribution in [0.2, 0.25) is 10.0 Å². The Morgan fingerprint density at radius 1 is 0.941 bits per heavy atom. The van der Waals surface area contributed by atoms with Crippen molar-refractivity contribution in [1.29, 1.82) is 0 Å². The number of anilines is 1. The van der Waals surface area contributed by atoms with Crippen molar-refractivity contribution in [2.45, 2.75) is 20.5 Å². The first kappa shape index (κ1) is 25.1. The summed E-state index contributed by atoms with van der Waals surface area (Å²) in [6.07, 6.45) is 1.39. The van der Waals surface area contributed by atoms with E-state index in [9.17, 15) is 9.59 Å². The summed E-state index contributed by atoms with van der Waals surface area (Å²) in [5.41, 5.74) is 5.82. The average Bonchev–Trinajstić information content (AvgIpc) is 2.81. The quantitative estimate of drug-likeness (QED) is 0.262. The molecular weight excluding hydrogens is 477 g/mol. The Hall–Kier alpha value is -3.55. The molecule has 0 spiro atoms. The van der Waals surface area contributed by atoms with Crippen LogP contribution in [0.25, 0.3) is 0 Å². The molecule has 0 heterocycles. The fourth-order valence-electron chi connectivity index (χ4n) is 3.10. The van der Waals surface area contributed by atoms with Gasteiger partial charge < -0.3 is 14.8 Å². The number of halogens is 2. The molecular formula is C25H23Cl2N3O4. The maximum atomic E-state index is 12.2. The van der Waals surface area contributed by atoms with Gasteiger partial charge in [0.05, 0.1) is 13.3 Å². The molecule has 0 saturated heterocycles. The molecule has 3 rings (SSSR count). The summed E-state index contributed by atoms with van der Waals surface area (Å²) >= 11 is 12.4. The number of rotatable bonds is 7. The number of nitrogens with zero attached hydrogens (tertiary/aromatic N) is 1. The number of carbonyl (C=O) groups is 2. The minimum absolute atomic E-state index is 0.161. The first-order valence-corrected chi connectivity index (χ1v) is 11.0. The number of aryl methyl sites for hydroxylation is 2. The standard InChI is InChI=1S/C25H23Cl2N3O4/c1-15-6-4-7-16(2)23(15)29-24(31)25(32)30-28-13-17-10-11-21(22(12-17)33-3)34-14-18-19(26)8-5-9-20(18)27/h4-13H,14H2,1-3H3,(H,29,31)(H,30,32)/b28-13-. The van der Waals surface area contributed by atoms with Gasteiger partial charge in [-0.1, -0.05) is 47.5 Å². The fourth-order valence-corrected chi connectivity index (χ4v) is 3.61. The predicted molar refractivity (Wildman–Crippen MR) is 134 cm³/mol. The highest BCUT2D eigenvalue weighted by Crippen LogP contribution is 2.31. The Balaban J connectivity index is 1.61. The second-order valence-electron chi connectivity index (χ2n) is 7.32. The van der Waals surface area contributed by atoms with Gasteiger partial charge in [-0.05, 0) is 60.9 Å². The number of carbonyl (C=O) groups excluding carboxylic acids is 2. The summed E-state index contributed by atoms with van der Waals surface area (Å²) in [4.78, 5) is 24.3. The fraction of sp³-hybridized carbons (Fsp3) is 0.160. The van der Waals surface area contributed by atoms with Crippen molar-refractivity contribution in [2.75, 3.05) is 12.4 Å². The van der Waals surface area contributed by atoms with Crippen molar-refractivity contribution in [3.63, 3.8) is 0 Å². The number of nitrogens with one attached hydrogen (secondary N) is 2. The first-order chi connectivity index (χ1) is 16.3. The molecule has 3 aromatic carbocycles. The lowest BCUT2D eigenvalue weighted by Gasteiger charge is -2.13. The monoisotopic (exact) mass is 499 g/mol. The molecule has 0 aliphatic carbocycles. The number of ether oxygens (including phenoxy) is 2. The third-order valence-electron chi connectivity index (χ3n) is 4.93. The van der Waals surface area contributed by atoms with Gasteiger partial charge in [-0.2, -0.15) is 5.10 Å². The molecule has 34 heavy (non-hydrogen) atoms. The number of hydrazone groups is 1. The van der Waals surface area contributed by atoms with Gasteiger partial charge in [0.1, 0.15) is 6.61 Å². The van der Waals surface area contributed by atoms with Gasteiger partial charge in [0, 0.05) is 21.3 Å². The summed E-state index contributed by atoms with van der Waals surface area (Å²) < 4.78 is 11.2. The Morgan fingerprint density at radius 2 is 1.59 bits per heavy atom. The lowest BCUT2D eigenvalue weighted by molar-refractivity contribution is -0.136. The molecule has 0 aliphatic heterocycles. The van der Waals surface area contributed by atoms with Crippen LogP contribution in [-0.2, 0) is 16.2 Å². The maximum Gasteiger partial charge on any atom is 0.329 e. The first-order valence-electron chi connectivity index (χ1n) is 10.2. The minimum atomic E-state index is -0.887. The predicted octanol–water partition coefficient (Wildman–Crippen LogP) is 5.29. The summed E-state index contributed by atoms with van der Waals surface area (Å²) in [5.74, 6) is -0.768. The van der Waals surface area contributed by atoms with Gasteiger partial charge in [0.15, 0.2) is 11.5 Å². The number of hydrogen-bond donors (Lipinski definition) is 2. The van der Waals surface area contributed by atoms with Crippen LogP contribution >= 0.6 is 23.2 Å². The molecule has 0 radical (unpaired) electrons. The van der Waals surface area contributed by atoms with Crippen LogP contribution in [0.4, 0.5) is 5.69 Å². The van der Waals surface area contributed by atoms with E-state index < -0.39 is 11.8 Å². The number of methoxy groups -OCH3 is 1. The van der Waals surface area contributed by atoms with E-state index in [1.807, 2.05) is 32.0 Å². The zero-order chi connectivity index (χ0) is 24.7. The van der Waals surface area contributed by atoms with Gasteiger partial charge in [0.2, 0.25) is 0 Å². The van der Waals surface area contributed by atoms with Crippen molar-refractivity contribution < 1.29 is 19.1 Å². The second-order valence-corrected chi connectivity index (χ2v) is 8.13. The van der Waals surface area contributed by atoms with Crippen LogP contribution in [0.1, 0.15) is 22.3 Å². The topological polar surface area (TPSA) is 89.0 Å². The molecule has 0 atom stereocenters. The Morgan fingerprint density at radius 3 is 2.24 bits per heavy atom. The highest BCUT2D eigenvalue weighted by atomic mass is 35.5. The molecule has 0 fully saturated rings. The largest absolute Gasteiger partial charge is 0.493 e. The maximum absolute atomic E-state index is 12.2. The minimum Gasteiger partial charge on any atom is -0.493 e. The van der Waals surface area contributed by atoms with Crippen molar-refractivity contribution >= 4 is 46.9 Å². The van der Waals surface area contributed by atoms with Crippen LogP contribution < -0.4 is 20.2 Å². The molecule has 176 valence electrons. The molecule has 0 bridgehead atoms. The van der Waals surface area contributed by atoms with Crippen molar-refractivity contribution in [3.05, 3.63) is 86.9 Å². The molecule has 9 heteroatoms.